The molecule has 158 valence electrons. The first-order chi connectivity index (χ1) is 14.0. The van der Waals surface area contributed by atoms with Gasteiger partial charge < -0.3 is 15.0 Å². The quantitative estimate of drug-likeness (QED) is 0.462. The fraction of sp³-hybridized carbons (Fsp3) is 0.500. The van der Waals surface area contributed by atoms with Gasteiger partial charge in [0.25, 0.3) is 0 Å². The zero-order chi connectivity index (χ0) is 20.9. The van der Waals surface area contributed by atoms with Crippen LogP contribution in [0.3, 0.4) is 0 Å². The number of nitrogens with one attached hydrogen (secondary N) is 1. The number of nitrogens with zero attached hydrogens (tertiary/aromatic N) is 3. The molecule has 2 aromatic heterocycles. The molecule has 1 aromatic carbocycles. The Morgan fingerprint density at radius 2 is 1.97 bits per heavy atom. The van der Waals surface area contributed by atoms with Gasteiger partial charge in [-0.15, -0.1) is 0 Å². The van der Waals surface area contributed by atoms with Crippen molar-refractivity contribution < 1.29 is 13.2 Å². The smallest absolute Gasteiger partial charge is 0.211 e. The van der Waals surface area contributed by atoms with Crippen LogP contribution in [0.2, 0.25) is 0 Å². The summed E-state index contributed by atoms with van der Waals surface area (Å²) in [5.41, 5.74) is 8.75. The minimum Gasteiger partial charge on any atom is -0.382 e. The van der Waals surface area contributed by atoms with Crippen LogP contribution in [0.15, 0.2) is 24.3 Å². The van der Waals surface area contributed by atoms with Crippen molar-refractivity contribution in [3.05, 3.63) is 30.1 Å². The lowest BCUT2D eigenvalue weighted by Gasteiger charge is -2.11. The van der Waals surface area contributed by atoms with E-state index in [0.717, 1.165) is 47.0 Å². The molecule has 0 amide bonds. The van der Waals surface area contributed by atoms with Crippen LogP contribution >= 0.6 is 0 Å². The van der Waals surface area contributed by atoms with Gasteiger partial charge in [0.05, 0.1) is 30.0 Å². The van der Waals surface area contributed by atoms with Crippen molar-refractivity contribution in [2.45, 2.75) is 39.7 Å². The number of benzene rings is 1. The third-order valence-corrected chi connectivity index (χ3v) is 6.25. The predicted molar refractivity (Wildman–Crippen MR) is 116 cm³/mol. The minimum atomic E-state index is -3.19. The van der Waals surface area contributed by atoms with Gasteiger partial charge in [0.1, 0.15) is 11.3 Å². The SMILES string of the molecule is CCCCc1nc2c(N)nc3ccccc3c2n1CCOCCNS(=O)(=O)CC. The molecule has 0 aliphatic heterocycles. The summed E-state index contributed by atoms with van der Waals surface area (Å²) in [6.07, 6.45) is 2.97. The number of imidazole rings is 1. The van der Waals surface area contributed by atoms with Crippen LogP contribution in [0.5, 0.6) is 0 Å². The average Bonchev–Trinajstić information content (AvgIpc) is 3.08. The van der Waals surface area contributed by atoms with Crippen LogP contribution in [0.4, 0.5) is 5.82 Å². The molecule has 0 fully saturated rings. The Bertz CT molecular complexity index is 1080. The molecular formula is C20H29N5O3S. The van der Waals surface area contributed by atoms with E-state index < -0.39 is 10.0 Å². The number of hydrogen-bond donors (Lipinski definition) is 2. The molecule has 3 N–H and O–H groups in total. The fourth-order valence-corrected chi connectivity index (χ4v) is 3.90. The number of rotatable bonds is 11. The number of unbranched alkanes of at least 4 members (excludes halogenated alkanes) is 1. The van der Waals surface area contributed by atoms with E-state index in [9.17, 15) is 8.42 Å². The van der Waals surface area contributed by atoms with E-state index in [1.54, 1.807) is 6.92 Å². The molecule has 0 aliphatic rings. The van der Waals surface area contributed by atoms with Crippen molar-refractivity contribution in [2.24, 2.45) is 0 Å². The zero-order valence-electron chi connectivity index (χ0n) is 17.0. The summed E-state index contributed by atoms with van der Waals surface area (Å²) >= 11 is 0. The van der Waals surface area contributed by atoms with Crippen LogP contribution in [0.25, 0.3) is 21.9 Å². The number of pyridine rings is 1. The van der Waals surface area contributed by atoms with Gasteiger partial charge >= 0.3 is 0 Å². The van der Waals surface area contributed by atoms with Crippen molar-refractivity contribution in [3.8, 4) is 0 Å². The summed E-state index contributed by atoms with van der Waals surface area (Å²) in [6.45, 7) is 5.41. The van der Waals surface area contributed by atoms with E-state index in [1.165, 1.54) is 0 Å². The fourth-order valence-electron chi connectivity index (χ4n) is 3.30. The lowest BCUT2D eigenvalue weighted by Crippen LogP contribution is -2.29. The second-order valence-corrected chi connectivity index (χ2v) is 9.00. The summed E-state index contributed by atoms with van der Waals surface area (Å²) in [7, 11) is -3.19. The molecule has 0 bridgehead atoms. The molecule has 0 atom stereocenters. The number of aromatic nitrogens is 3. The maximum Gasteiger partial charge on any atom is 0.211 e. The number of nitrogens with two attached hydrogens (primary N) is 1. The maximum absolute atomic E-state index is 11.5. The van der Waals surface area contributed by atoms with E-state index in [1.807, 2.05) is 24.3 Å². The number of anilines is 1. The summed E-state index contributed by atoms with van der Waals surface area (Å²) in [5.74, 6) is 1.48. The van der Waals surface area contributed by atoms with E-state index in [4.69, 9.17) is 15.5 Å². The number of hydrogen-bond acceptors (Lipinski definition) is 6. The van der Waals surface area contributed by atoms with Crippen molar-refractivity contribution in [3.63, 3.8) is 0 Å². The van der Waals surface area contributed by atoms with E-state index in [-0.39, 0.29) is 12.3 Å². The van der Waals surface area contributed by atoms with Crippen LogP contribution in [0.1, 0.15) is 32.5 Å². The maximum atomic E-state index is 11.5. The Balaban J connectivity index is 1.81. The highest BCUT2D eigenvalue weighted by Gasteiger charge is 2.17. The summed E-state index contributed by atoms with van der Waals surface area (Å²) in [4.78, 5) is 9.28. The second kappa shape index (κ2) is 9.51. The summed E-state index contributed by atoms with van der Waals surface area (Å²) < 4.78 is 33.3. The Kier molecular flexibility index (Phi) is 7.05. The second-order valence-electron chi connectivity index (χ2n) is 6.90. The van der Waals surface area contributed by atoms with Gasteiger partial charge in [-0.1, -0.05) is 31.5 Å². The largest absolute Gasteiger partial charge is 0.382 e. The number of nitrogen functional groups attached to an aromatic ring is 1. The van der Waals surface area contributed by atoms with Gasteiger partial charge in [-0.2, -0.15) is 0 Å². The molecule has 0 saturated carbocycles. The van der Waals surface area contributed by atoms with Gasteiger partial charge in [0, 0.05) is 24.9 Å². The molecule has 29 heavy (non-hydrogen) atoms. The molecule has 3 rings (SSSR count). The van der Waals surface area contributed by atoms with Crippen molar-refractivity contribution >= 4 is 37.8 Å². The molecule has 0 unspecified atom stereocenters. The third-order valence-electron chi connectivity index (χ3n) is 4.85. The molecule has 8 nitrogen and oxygen atoms in total. The normalized spacial score (nSPS) is 12.2. The molecule has 0 aliphatic carbocycles. The van der Waals surface area contributed by atoms with Gasteiger partial charge in [-0.3, -0.25) is 0 Å². The summed E-state index contributed by atoms with van der Waals surface area (Å²) in [5, 5.41) is 1.02. The number of aryl methyl sites for hydroxylation is 1. The van der Waals surface area contributed by atoms with Crippen molar-refractivity contribution in [1.82, 2.24) is 19.3 Å². The highest BCUT2D eigenvalue weighted by Crippen LogP contribution is 2.29. The average molecular weight is 420 g/mol. The Morgan fingerprint density at radius 1 is 1.17 bits per heavy atom. The molecular weight excluding hydrogens is 390 g/mol. The molecule has 0 spiro atoms. The highest BCUT2D eigenvalue weighted by molar-refractivity contribution is 7.89. The number of para-hydroxylation sites is 1. The summed E-state index contributed by atoms with van der Waals surface area (Å²) in [6, 6.07) is 7.91. The van der Waals surface area contributed by atoms with E-state index in [0.29, 0.717) is 25.6 Å². The zero-order valence-corrected chi connectivity index (χ0v) is 17.8. The number of fused-ring (bicyclic) bond motifs is 3. The molecule has 3 aromatic rings. The standard InChI is InChI=1S/C20H29N5O3S/c1-3-5-10-17-24-18-19(15-8-6-7-9-16(15)23-20(18)21)25(17)12-14-28-13-11-22-29(26,27)4-2/h6-9,22H,3-5,10-14H2,1-2H3,(H2,21,23). The number of sulfonamides is 1. The topological polar surface area (TPSA) is 112 Å². The predicted octanol–water partition coefficient (Wildman–Crippen LogP) is 2.47. The lowest BCUT2D eigenvalue weighted by atomic mass is 10.2. The van der Waals surface area contributed by atoms with Gasteiger partial charge in [0.15, 0.2) is 5.82 Å². The first-order valence-corrected chi connectivity index (χ1v) is 11.7. The Labute approximate surface area is 171 Å². The van der Waals surface area contributed by atoms with Gasteiger partial charge in [-0.05, 0) is 19.4 Å². The Hall–Kier alpha value is -2.23. The lowest BCUT2D eigenvalue weighted by molar-refractivity contribution is 0.131. The van der Waals surface area contributed by atoms with Crippen LogP contribution < -0.4 is 10.5 Å². The van der Waals surface area contributed by atoms with Gasteiger partial charge in [-0.25, -0.2) is 23.1 Å². The monoisotopic (exact) mass is 419 g/mol. The van der Waals surface area contributed by atoms with Crippen LogP contribution in [-0.4, -0.2) is 48.5 Å². The molecule has 2 heterocycles. The van der Waals surface area contributed by atoms with Crippen LogP contribution in [0, 0.1) is 0 Å². The Morgan fingerprint density at radius 3 is 2.72 bits per heavy atom. The molecule has 0 radical (unpaired) electrons. The van der Waals surface area contributed by atoms with E-state index >= 15 is 0 Å². The van der Waals surface area contributed by atoms with E-state index in [2.05, 4.69) is 21.2 Å². The molecule has 0 saturated heterocycles. The van der Waals surface area contributed by atoms with Crippen molar-refractivity contribution in [1.29, 1.82) is 0 Å². The van der Waals surface area contributed by atoms with Crippen LogP contribution in [-0.2, 0) is 27.7 Å². The minimum absolute atomic E-state index is 0.0668. The first kappa shape index (κ1) is 21.5. The first-order valence-electron chi connectivity index (χ1n) is 10.0. The third kappa shape index (κ3) is 5.04. The van der Waals surface area contributed by atoms with Gasteiger partial charge in [0.2, 0.25) is 10.0 Å². The number of ether oxygens (including phenoxy) is 1. The highest BCUT2D eigenvalue weighted by atomic mass is 32.2. The van der Waals surface area contributed by atoms with Crippen molar-refractivity contribution in [2.75, 3.05) is 31.2 Å². The molecule has 9 heteroatoms.